The number of halogens is 1. The van der Waals surface area contributed by atoms with Crippen LogP contribution in [0.15, 0.2) is 24.3 Å². The average Bonchev–Trinajstić information content (AvgIpc) is 2.69. The molecule has 0 spiro atoms. The van der Waals surface area contributed by atoms with Crippen LogP contribution in [-0.4, -0.2) is 35.8 Å². The van der Waals surface area contributed by atoms with E-state index in [2.05, 4.69) is 5.32 Å². The Labute approximate surface area is 161 Å². The van der Waals surface area contributed by atoms with Crippen molar-refractivity contribution < 1.29 is 14.0 Å². The van der Waals surface area contributed by atoms with Gasteiger partial charge in [-0.1, -0.05) is 38.3 Å². The second kappa shape index (κ2) is 9.34. The summed E-state index contributed by atoms with van der Waals surface area (Å²) < 4.78 is 13.0. The van der Waals surface area contributed by atoms with Crippen molar-refractivity contribution in [2.45, 2.75) is 70.3 Å². The van der Waals surface area contributed by atoms with Gasteiger partial charge >= 0.3 is 0 Å². The van der Waals surface area contributed by atoms with Crippen LogP contribution in [0.4, 0.5) is 4.39 Å². The number of nitrogens with zero attached hydrogens (tertiary/aromatic N) is 1. The lowest BCUT2D eigenvalue weighted by molar-refractivity contribution is -0.132. The molecule has 0 bridgehead atoms. The van der Waals surface area contributed by atoms with E-state index in [-0.39, 0.29) is 35.5 Å². The van der Waals surface area contributed by atoms with E-state index in [0.717, 1.165) is 44.1 Å². The van der Waals surface area contributed by atoms with Gasteiger partial charge in [0, 0.05) is 31.5 Å². The van der Waals surface area contributed by atoms with Crippen LogP contribution in [0.5, 0.6) is 0 Å². The van der Waals surface area contributed by atoms with Gasteiger partial charge in [-0.15, -0.1) is 0 Å². The van der Waals surface area contributed by atoms with Crippen LogP contribution in [0, 0.1) is 11.7 Å². The molecule has 2 fully saturated rings. The molecule has 1 saturated heterocycles. The smallest absolute Gasteiger partial charge is 0.223 e. The quantitative estimate of drug-likeness (QED) is 0.847. The van der Waals surface area contributed by atoms with Crippen molar-refractivity contribution in [1.82, 2.24) is 10.2 Å². The third kappa shape index (κ3) is 5.53. The highest BCUT2D eigenvalue weighted by Gasteiger charge is 2.27. The van der Waals surface area contributed by atoms with Crippen LogP contribution in [-0.2, 0) is 9.59 Å². The minimum Gasteiger partial charge on any atom is -0.353 e. The first kappa shape index (κ1) is 19.8. The van der Waals surface area contributed by atoms with Gasteiger partial charge in [-0.2, -0.15) is 0 Å². The maximum atomic E-state index is 13.0. The van der Waals surface area contributed by atoms with Gasteiger partial charge in [0.05, 0.1) is 0 Å². The average molecular weight is 375 g/mol. The second-order valence-corrected chi connectivity index (χ2v) is 8.16. The van der Waals surface area contributed by atoms with E-state index in [1.165, 1.54) is 18.6 Å². The van der Waals surface area contributed by atoms with E-state index >= 15 is 0 Å². The topological polar surface area (TPSA) is 49.4 Å². The number of carbonyl (C=O) groups is 2. The summed E-state index contributed by atoms with van der Waals surface area (Å²) in [6, 6.07) is 6.58. The number of benzene rings is 1. The first-order chi connectivity index (χ1) is 13.0. The van der Waals surface area contributed by atoms with Gasteiger partial charge in [0.15, 0.2) is 0 Å². The number of piperidine rings is 1. The van der Waals surface area contributed by atoms with Gasteiger partial charge in [-0.25, -0.2) is 4.39 Å². The summed E-state index contributed by atoms with van der Waals surface area (Å²) in [7, 11) is 0. The maximum Gasteiger partial charge on any atom is 0.223 e. The summed E-state index contributed by atoms with van der Waals surface area (Å²) >= 11 is 0. The summed E-state index contributed by atoms with van der Waals surface area (Å²) in [6.45, 7) is 3.40. The Morgan fingerprint density at radius 2 is 1.70 bits per heavy atom. The van der Waals surface area contributed by atoms with E-state index in [0.29, 0.717) is 19.5 Å². The highest BCUT2D eigenvalue weighted by molar-refractivity contribution is 5.79. The van der Waals surface area contributed by atoms with Gasteiger partial charge in [-0.3, -0.25) is 9.59 Å². The Morgan fingerprint density at radius 3 is 2.33 bits per heavy atom. The Hall–Kier alpha value is -1.91. The largest absolute Gasteiger partial charge is 0.353 e. The first-order valence-corrected chi connectivity index (χ1v) is 10.4. The van der Waals surface area contributed by atoms with Crippen molar-refractivity contribution in [2.75, 3.05) is 13.1 Å². The number of hydrogen-bond donors (Lipinski definition) is 1. The van der Waals surface area contributed by atoms with Crippen molar-refractivity contribution >= 4 is 11.8 Å². The van der Waals surface area contributed by atoms with Crippen LogP contribution < -0.4 is 5.32 Å². The Kier molecular flexibility index (Phi) is 6.86. The molecule has 2 amide bonds. The van der Waals surface area contributed by atoms with Crippen LogP contribution in [0.25, 0.3) is 0 Å². The molecular formula is C22H31FN2O2. The van der Waals surface area contributed by atoms with Crippen LogP contribution >= 0.6 is 0 Å². The molecule has 1 saturated carbocycles. The molecule has 0 radical (unpaired) electrons. The minimum atomic E-state index is -0.255. The highest BCUT2D eigenvalue weighted by Crippen LogP contribution is 2.25. The molecule has 1 heterocycles. The molecule has 148 valence electrons. The van der Waals surface area contributed by atoms with Crippen molar-refractivity contribution in [3.63, 3.8) is 0 Å². The SMILES string of the molecule is CC(CC(=O)N1CCC(NC(=O)C2CCCCC2)CC1)c1ccc(F)cc1. The number of rotatable bonds is 5. The summed E-state index contributed by atoms with van der Waals surface area (Å²) in [5.74, 6) is 0.361. The predicted octanol–water partition coefficient (Wildman–Crippen LogP) is 4.01. The summed E-state index contributed by atoms with van der Waals surface area (Å²) in [4.78, 5) is 26.9. The molecule has 3 rings (SSSR count). The molecule has 1 N–H and O–H groups in total. The normalized spacial score (nSPS) is 20.3. The third-order valence-electron chi connectivity index (χ3n) is 6.09. The van der Waals surface area contributed by atoms with Crippen LogP contribution in [0.3, 0.4) is 0 Å². The first-order valence-electron chi connectivity index (χ1n) is 10.4. The molecule has 1 aliphatic carbocycles. The summed E-state index contributed by atoms with van der Waals surface area (Å²) in [6.07, 6.45) is 7.71. The molecular weight excluding hydrogens is 343 g/mol. The molecule has 2 aliphatic rings. The molecule has 27 heavy (non-hydrogen) atoms. The molecule has 1 aromatic rings. The second-order valence-electron chi connectivity index (χ2n) is 8.16. The van der Waals surface area contributed by atoms with Crippen molar-refractivity contribution in [2.24, 2.45) is 5.92 Å². The number of amides is 2. The summed E-state index contributed by atoms with van der Waals surface area (Å²) in [5, 5.41) is 3.21. The van der Waals surface area contributed by atoms with E-state index in [1.54, 1.807) is 12.1 Å². The van der Waals surface area contributed by atoms with Gasteiger partial charge in [-0.05, 0) is 49.3 Å². The molecule has 1 atom stereocenters. The lowest BCUT2D eigenvalue weighted by Gasteiger charge is -2.34. The van der Waals surface area contributed by atoms with Gasteiger partial charge in [0.1, 0.15) is 5.82 Å². The van der Waals surface area contributed by atoms with E-state index in [1.807, 2.05) is 11.8 Å². The monoisotopic (exact) mass is 374 g/mol. The van der Waals surface area contributed by atoms with Gasteiger partial charge in [0.25, 0.3) is 0 Å². The molecule has 1 aliphatic heterocycles. The van der Waals surface area contributed by atoms with Crippen LogP contribution in [0.2, 0.25) is 0 Å². The zero-order valence-electron chi connectivity index (χ0n) is 16.3. The summed E-state index contributed by atoms with van der Waals surface area (Å²) in [5.41, 5.74) is 0.986. The Balaban J connectivity index is 1.42. The zero-order chi connectivity index (χ0) is 19.2. The fourth-order valence-electron chi connectivity index (χ4n) is 4.26. The molecule has 0 aromatic heterocycles. The van der Waals surface area contributed by atoms with Crippen molar-refractivity contribution in [3.8, 4) is 0 Å². The highest BCUT2D eigenvalue weighted by atomic mass is 19.1. The molecule has 5 heteroatoms. The number of nitrogens with one attached hydrogen (secondary N) is 1. The number of hydrogen-bond acceptors (Lipinski definition) is 2. The van der Waals surface area contributed by atoms with Crippen molar-refractivity contribution in [1.29, 1.82) is 0 Å². The molecule has 1 aromatic carbocycles. The number of carbonyl (C=O) groups excluding carboxylic acids is 2. The lowest BCUT2D eigenvalue weighted by atomic mass is 9.88. The molecule has 4 nitrogen and oxygen atoms in total. The van der Waals surface area contributed by atoms with Gasteiger partial charge in [0.2, 0.25) is 11.8 Å². The Bertz CT molecular complexity index is 632. The van der Waals surface area contributed by atoms with E-state index in [4.69, 9.17) is 0 Å². The fourth-order valence-corrected chi connectivity index (χ4v) is 4.26. The Morgan fingerprint density at radius 1 is 1.07 bits per heavy atom. The van der Waals surface area contributed by atoms with Crippen molar-refractivity contribution in [3.05, 3.63) is 35.6 Å². The zero-order valence-corrected chi connectivity index (χ0v) is 16.3. The molecule has 1 unspecified atom stereocenters. The predicted molar refractivity (Wildman–Crippen MR) is 104 cm³/mol. The standard InChI is InChI=1S/C22H31FN2O2/c1-16(17-7-9-19(23)10-8-17)15-21(26)25-13-11-20(12-14-25)24-22(27)18-5-3-2-4-6-18/h7-10,16,18,20H,2-6,11-15H2,1H3,(H,24,27). The minimum absolute atomic E-state index is 0.0711. The fraction of sp³-hybridized carbons (Fsp3) is 0.636. The van der Waals surface area contributed by atoms with E-state index < -0.39 is 0 Å². The number of likely N-dealkylation sites (tertiary alicyclic amines) is 1. The van der Waals surface area contributed by atoms with Crippen LogP contribution in [0.1, 0.15) is 69.8 Å². The van der Waals surface area contributed by atoms with E-state index in [9.17, 15) is 14.0 Å². The lowest BCUT2D eigenvalue weighted by Crippen LogP contribution is -2.48. The third-order valence-corrected chi connectivity index (χ3v) is 6.09. The van der Waals surface area contributed by atoms with Gasteiger partial charge < -0.3 is 10.2 Å². The maximum absolute atomic E-state index is 13.0.